The highest BCUT2D eigenvalue weighted by Gasteiger charge is 2.21. The van der Waals surface area contributed by atoms with Gasteiger partial charge in [-0.3, -0.25) is 0 Å². The first-order chi connectivity index (χ1) is 16.2. The van der Waals surface area contributed by atoms with E-state index in [4.69, 9.17) is 10.1 Å². The summed E-state index contributed by atoms with van der Waals surface area (Å²) in [5, 5.41) is 20.1. The molecule has 3 N–H and O–H groups in total. The van der Waals surface area contributed by atoms with E-state index >= 15 is 0 Å². The van der Waals surface area contributed by atoms with E-state index in [0.29, 0.717) is 19.1 Å². The molecule has 0 bridgehead atoms. The Morgan fingerprint density at radius 3 is 2.82 bits per heavy atom. The fraction of sp³-hybridized carbons (Fsp3) is 0.320. The number of aliphatic hydroxyl groups excluding tert-OH is 1. The molecule has 178 valence electrons. The Morgan fingerprint density at radius 1 is 1.12 bits per heavy atom. The van der Waals surface area contributed by atoms with Crippen LogP contribution in [0, 0.1) is 0 Å². The SMILES string of the molecule is CC1CCCN1c1cccc(Nc2cc(-c3cccc(CNCCO)c3)cn3ncnc23)n1.Cl. The normalized spacial score (nSPS) is 15.5. The molecule has 4 heterocycles. The number of benzene rings is 1. The topological polar surface area (TPSA) is 90.6 Å². The molecule has 1 saturated heterocycles. The first kappa shape index (κ1) is 23.9. The van der Waals surface area contributed by atoms with E-state index in [-0.39, 0.29) is 19.0 Å². The van der Waals surface area contributed by atoms with E-state index in [9.17, 15) is 0 Å². The number of pyridine rings is 2. The van der Waals surface area contributed by atoms with Crippen molar-refractivity contribution >= 4 is 35.4 Å². The first-order valence-corrected chi connectivity index (χ1v) is 11.5. The number of aliphatic hydroxyl groups is 1. The smallest absolute Gasteiger partial charge is 0.178 e. The van der Waals surface area contributed by atoms with Crippen molar-refractivity contribution in [3.63, 3.8) is 0 Å². The van der Waals surface area contributed by atoms with Crippen molar-refractivity contribution in [1.29, 1.82) is 0 Å². The molecule has 1 atom stereocenters. The molecular weight excluding hydrogens is 450 g/mol. The van der Waals surface area contributed by atoms with E-state index in [1.54, 1.807) is 10.8 Å². The fourth-order valence-electron chi connectivity index (χ4n) is 4.41. The van der Waals surface area contributed by atoms with Crippen LogP contribution in [0.2, 0.25) is 0 Å². The Balaban J connectivity index is 0.00000274. The molecule has 4 aromatic rings. The third-order valence-electron chi connectivity index (χ3n) is 6.10. The monoisotopic (exact) mass is 479 g/mol. The Labute approximate surface area is 205 Å². The molecule has 9 heteroatoms. The minimum atomic E-state index is 0. The average molecular weight is 480 g/mol. The summed E-state index contributed by atoms with van der Waals surface area (Å²) in [6, 6.07) is 17.1. The standard InChI is InChI=1S/C25H29N7O.ClH/c1-18-5-4-11-31(18)24-9-3-8-23(30-24)29-22-14-21(16-32-25(22)27-17-28-32)20-7-2-6-19(13-20)15-26-10-12-33;/h2-3,6-9,13-14,16-18,26,33H,4-5,10-12,15H2,1H3,(H,29,30);1H. The lowest BCUT2D eigenvalue weighted by Crippen LogP contribution is -2.27. The lowest BCUT2D eigenvalue weighted by atomic mass is 10.0. The maximum absolute atomic E-state index is 9.01. The number of rotatable bonds is 8. The summed E-state index contributed by atoms with van der Waals surface area (Å²) < 4.78 is 1.79. The van der Waals surface area contributed by atoms with Gasteiger partial charge in [-0.05, 0) is 55.2 Å². The van der Waals surface area contributed by atoms with Crippen LogP contribution in [0.5, 0.6) is 0 Å². The zero-order valence-corrected chi connectivity index (χ0v) is 20.0. The molecule has 0 saturated carbocycles. The van der Waals surface area contributed by atoms with Crippen LogP contribution in [-0.4, -0.2) is 50.4 Å². The molecule has 1 unspecified atom stereocenters. The summed E-state index contributed by atoms with van der Waals surface area (Å²) in [5.41, 5.74) is 4.88. The van der Waals surface area contributed by atoms with Gasteiger partial charge in [0.2, 0.25) is 0 Å². The summed E-state index contributed by atoms with van der Waals surface area (Å²) in [5.74, 6) is 1.79. The zero-order valence-electron chi connectivity index (χ0n) is 19.2. The molecule has 1 aromatic carbocycles. The molecule has 0 spiro atoms. The molecule has 1 aliphatic rings. The Bertz CT molecular complexity index is 1240. The number of nitrogens with one attached hydrogen (secondary N) is 2. The molecule has 0 aliphatic carbocycles. The third kappa shape index (κ3) is 5.14. The van der Waals surface area contributed by atoms with Gasteiger partial charge in [0.05, 0.1) is 12.3 Å². The van der Waals surface area contributed by atoms with Gasteiger partial charge < -0.3 is 20.6 Å². The highest BCUT2D eigenvalue weighted by molar-refractivity contribution is 5.85. The van der Waals surface area contributed by atoms with Crippen LogP contribution in [0.15, 0.2) is 61.1 Å². The van der Waals surface area contributed by atoms with E-state index in [2.05, 4.69) is 62.9 Å². The Hall–Kier alpha value is -3.20. The second-order valence-electron chi connectivity index (χ2n) is 8.46. The third-order valence-corrected chi connectivity index (χ3v) is 6.10. The summed E-state index contributed by atoms with van der Waals surface area (Å²) in [6.45, 7) is 4.71. The van der Waals surface area contributed by atoms with Crippen molar-refractivity contribution in [1.82, 2.24) is 24.9 Å². The van der Waals surface area contributed by atoms with Gasteiger partial charge in [0, 0.05) is 37.4 Å². The lowest BCUT2D eigenvalue weighted by Gasteiger charge is -2.23. The highest BCUT2D eigenvalue weighted by atomic mass is 35.5. The van der Waals surface area contributed by atoms with Gasteiger partial charge in [0.15, 0.2) is 5.65 Å². The van der Waals surface area contributed by atoms with Gasteiger partial charge in [-0.2, -0.15) is 5.10 Å². The molecule has 34 heavy (non-hydrogen) atoms. The van der Waals surface area contributed by atoms with Crippen LogP contribution >= 0.6 is 12.4 Å². The molecule has 3 aromatic heterocycles. The zero-order chi connectivity index (χ0) is 22.6. The van der Waals surface area contributed by atoms with Gasteiger partial charge >= 0.3 is 0 Å². The van der Waals surface area contributed by atoms with E-state index in [0.717, 1.165) is 46.2 Å². The van der Waals surface area contributed by atoms with Crippen LogP contribution in [0.25, 0.3) is 16.8 Å². The van der Waals surface area contributed by atoms with E-state index in [1.807, 2.05) is 24.4 Å². The van der Waals surface area contributed by atoms with Crippen molar-refractivity contribution in [3.8, 4) is 11.1 Å². The number of halogens is 1. The highest BCUT2D eigenvalue weighted by Crippen LogP contribution is 2.29. The van der Waals surface area contributed by atoms with Crippen LogP contribution in [0.4, 0.5) is 17.3 Å². The second kappa shape index (κ2) is 10.8. The molecule has 1 aliphatic heterocycles. The maximum atomic E-state index is 9.01. The van der Waals surface area contributed by atoms with E-state index in [1.165, 1.54) is 12.8 Å². The number of nitrogens with zero attached hydrogens (tertiary/aromatic N) is 5. The quantitative estimate of drug-likeness (QED) is 0.329. The van der Waals surface area contributed by atoms with Crippen molar-refractivity contribution in [2.75, 3.05) is 29.9 Å². The summed E-state index contributed by atoms with van der Waals surface area (Å²) in [6.07, 6.45) is 5.96. The van der Waals surface area contributed by atoms with E-state index < -0.39 is 0 Å². The molecule has 8 nitrogen and oxygen atoms in total. The average Bonchev–Trinajstić information content (AvgIpc) is 3.49. The first-order valence-electron chi connectivity index (χ1n) is 11.5. The Morgan fingerprint density at radius 2 is 2.00 bits per heavy atom. The number of hydrogen-bond acceptors (Lipinski definition) is 7. The molecule has 0 radical (unpaired) electrons. The van der Waals surface area contributed by atoms with Gasteiger partial charge in [-0.1, -0.05) is 24.3 Å². The van der Waals surface area contributed by atoms with Gasteiger partial charge in [-0.25, -0.2) is 14.5 Å². The second-order valence-corrected chi connectivity index (χ2v) is 8.46. The predicted octanol–water partition coefficient (Wildman–Crippen LogP) is 4.03. The van der Waals surface area contributed by atoms with Gasteiger partial charge in [0.1, 0.15) is 18.0 Å². The van der Waals surface area contributed by atoms with Crippen LogP contribution in [0.3, 0.4) is 0 Å². The van der Waals surface area contributed by atoms with Crippen LogP contribution in [-0.2, 0) is 6.54 Å². The largest absolute Gasteiger partial charge is 0.395 e. The van der Waals surface area contributed by atoms with Crippen molar-refractivity contribution in [2.24, 2.45) is 0 Å². The van der Waals surface area contributed by atoms with Crippen molar-refractivity contribution < 1.29 is 5.11 Å². The fourth-order valence-corrected chi connectivity index (χ4v) is 4.41. The Kier molecular flexibility index (Phi) is 7.62. The van der Waals surface area contributed by atoms with Gasteiger partial charge in [-0.15, -0.1) is 12.4 Å². The van der Waals surface area contributed by atoms with Crippen molar-refractivity contribution in [3.05, 3.63) is 66.6 Å². The number of hydrogen-bond donors (Lipinski definition) is 3. The predicted molar refractivity (Wildman–Crippen MR) is 138 cm³/mol. The molecule has 5 rings (SSSR count). The summed E-state index contributed by atoms with van der Waals surface area (Å²) >= 11 is 0. The molecule has 0 amide bonds. The van der Waals surface area contributed by atoms with Crippen LogP contribution in [0.1, 0.15) is 25.3 Å². The number of aromatic nitrogens is 4. The van der Waals surface area contributed by atoms with Crippen LogP contribution < -0.4 is 15.5 Å². The van der Waals surface area contributed by atoms with Gasteiger partial charge in [0.25, 0.3) is 0 Å². The molecular formula is C25H30ClN7O. The number of fused-ring (bicyclic) bond motifs is 1. The lowest BCUT2D eigenvalue weighted by molar-refractivity contribution is 0.292. The molecule has 1 fully saturated rings. The maximum Gasteiger partial charge on any atom is 0.178 e. The van der Waals surface area contributed by atoms with Crippen molar-refractivity contribution in [2.45, 2.75) is 32.4 Å². The summed E-state index contributed by atoms with van der Waals surface area (Å²) in [4.78, 5) is 11.7. The number of anilines is 3. The summed E-state index contributed by atoms with van der Waals surface area (Å²) in [7, 11) is 0. The minimum absolute atomic E-state index is 0. The minimum Gasteiger partial charge on any atom is -0.395 e.